The summed E-state index contributed by atoms with van der Waals surface area (Å²) in [5.74, 6) is -3.31. The third-order valence-electron chi connectivity index (χ3n) is 6.34. The molecule has 0 spiro atoms. The summed E-state index contributed by atoms with van der Waals surface area (Å²) in [5, 5.41) is 13.3. The van der Waals surface area contributed by atoms with Crippen LogP contribution < -0.4 is 26.6 Å². The molecule has 12 nitrogen and oxygen atoms in total. The van der Waals surface area contributed by atoms with E-state index in [1.54, 1.807) is 13.8 Å². The summed E-state index contributed by atoms with van der Waals surface area (Å²) >= 11 is 0. The summed E-state index contributed by atoms with van der Waals surface area (Å²) in [4.78, 5) is 77.9. The van der Waals surface area contributed by atoms with E-state index in [0.717, 1.165) is 5.56 Å². The largest absolute Gasteiger partial charge is 0.355 e. The monoisotopic (exact) mass is 544 g/mol. The van der Waals surface area contributed by atoms with Crippen LogP contribution in [-0.2, 0) is 35.2 Å². The number of likely N-dealkylation sites (N-methyl/N-ethyl adjacent to an activating group) is 1. The molecule has 6 amide bonds. The molecule has 4 atom stereocenters. The smallest absolute Gasteiger partial charge is 0.245 e. The molecule has 0 bridgehead atoms. The van der Waals surface area contributed by atoms with Crippen LogP contribution in [0.15, 0.2) is 30.3 Å². The predicted octanol–water partition coefficient (Wildman–Crippen LogP) is -0.767. The topological polar surface area (TPSA) is 166 Å². The lowest BCUT2D eigenvalue weighted by Crippen LogP contribution is -2.59. The quantitative estimate of drug-likeness (QED) is 0.334. The van der Waals surface area contributed by atoms with Crippen molar-refractivity contribution in [3.8, 4) is 0 Å². The van der Waals surface area contributed by atoms with Gasteiger partial charge >= 0.3 is 0 Å². The Morgan fingerprint density at radius 2 is 1.67 bits per heavy atom. The number of amides is 6. The summed E-state index contributed by atoms with van der Waals surface area (Å²) in [6.45, 7) is 6.22. The van der Waals surface area contributed by atoms with Crippen molar-refractivity contribution >= 4 is 35.4 Å². The fourth-order valence-electron chi connectivity index (χ4n) is 4.17. The first-order chi connectivity index (χ1) is 18.4. The highest BCUT2D eigenvalue weighted by molar-refractivity contribution is 5.96. The molecule has 0 aliphatic carbocycles. The van der Waals surface area contributed by atoms with Gasteiger partial charge in [0.2, 0.25) is 35.4 Å². The number of hydrogen-bond acceptors (Lipinski definition) is 6. The minimum Gasteiger partial charge on any atom is -0.355 e. The molecule has 2 rings (SSSR count). The van der Waals surface area contributed by atoms with Crippen molar-refractivity contribution in [2.24, 2.45) is 5.92 Å². The van der Waals surface area contributed by atoms with E-state index < -0.39 is 59.6 Å². The van der Waals surface area contributed by atoms with E-state index in [4.69, 9.17) is 0 Å². The van der Waals surface area contributed by atoms with E-state index in [-0.39, 0.29) is 31.8 Å². The summed E-state index contributed by atoms with van der Waals surface area (Å²) in [5.41, 5.74) is 0.809. The van der Waals surface area contributed by atoms with Gasteiger partial charge in [-0.3, -0.25) is 28.8 Å². The van der Waals surface area contributed by atoms with Crippen molar-refractivity contribution in [2.45, 2.75) is 71.1 Å². The van der Waals surface area contributed by atoms with Crippen molar-refractivity contribution in [3.63, 3.8) is 0 Å². The zero-order chi connectivity index (χ0) is 29.1. The van der Waals surface area contributed by atoms with Gasteiger partial charge in [-0.25, -0.2) is 0 Å². The van der Waals surface area contributed by atoms with Gasteiger partial charge in [-0.2, -0.15) is 0 Å². The van der Waals surface area contributed by atoms with Crippen molar-refractivity contribution in [1.82, 2.24) is 31.5 Å². The van der Waals surface area contributed by atoms with Gasteiger partial charge in [0, 0.05) is 26.9 Å². The molecule has 1 fully saturated rings. The number of carbonyl (C=O) groups is 6. The summed E-state index contributed by atoms with van der Waals surface area (Å²) in [6, 6.07) is 5.23. The highest BCUT2D eigenvalue weighted by atomic mass is 16.2. The summed E-state index contributed by atoms with van der Waals surface area (Å²) < 4.78 is 0. The molecular formula is C27H40N6O6. The number of nitrogens with zero attached hydrogens (tertiary/aromatic N) is 1. The minimum atomic E-state index is -1.03. The Labute approximate surface area is 229 Å². The van der Waals surface area contributed by atoms with Gasteiger partial charge < -0.3 is 31.5 Å². The zero-order valence-corrected chi connectivity index (χ0v) is 23.2. The van der Waals surface area contributed by atoms with Gasteiger partial charge in [0.25, 0.3) is 0 Å². The van der Waals surface area contributed by atoms with Crippen LogP contribution >= 0.6 is 0 Å². The standard InChI is InChI=1S/C27H40N6O6/c1-16(2)23-26(38)29-17(3)24(36)31-21(14-19-10-7-6-8-11-19)27(39)33(5)15-22(35)28-13-9-12-20(25(37)32-23)30-18(4)34/h6-8,10-11,16-17,20-21,23H,9,12-15H2,1-5H3,(H,28,35)(H,29,38)(H,30,34)(H,31,36)(H,32,37)/t17-,20+,21+,23-/m1/s1. The molecule has 1 aliphatic heterocycles. The normalized spacial score (nSPS) is 24.6. The van der Waals surface area contributed by atoms with Crippen molar-refractivity contribution in [1.29, 1.82) is 0 Å². The predicted molar refractivity (Wildman–Crippen MR) is 144 cm³/mol. The van der Waals surface area contributed by atoms with Crippen LogP contribution in [0, 0.1) is 5.92 Å². The molecule has 214 valence electrons. The highest BCUT2D eigenvalue weighted by Gasteiger charge is 2.32. The minimum absolute atomic E-state index is 0.188. The van der Waals surface area contributed by atoms with E-state index in [1.807, 2.05) is 30.3 Å². The molecule has 12 heteroatoms. The fraction of sp³-hybridized carbons (Fsp3) is 0.556. The molecule has 0 saturated carbocycles. The maximum Gasteiger partial charge on any atom is 0.245 e. The van der Waals surface area contributed by atoms with Crippen LogP contribution in [0.2, 0.25) is 0 Å². The molecule has 0 radical (unpaired) electrons. The molecule has 0 unspecified atom stereocenters. The molecule has 39 heavy (non-hydrogen) atoms. The van der Waals surface area contributed by atoms with Gasteiger partial charge in [0.1, 0.15) is 24.2 Å². The van der Waals surface area contributed by atoms with E-state index in [9.17, 15) is 28.8 Å². The Kier molecular flexibility index (Phi) is 11.9. The molecule has 1 aliphatic rings. The first kappa shape index (κ1) is 31.3. The zero-order valence-electron chi connectivity index (χ0n) is 23.2. The maximum absolute atomic E-state index is 13.3. The van der Waals surface area contributed by atoms with Crippen molar-refractivity contribution in [2.75, 3.05) is 20.1 Å². The van der Waals surface area contributed by atoms with Gasteiger partial charge in [-0.15, -0.1) is 0 Å². The molecule has 1 saturated heterocycles. The Bertz CT molecular complexity index is 1050. The van der Waals surface area contributed by atoms with Gasteiger partial charge in [0.15, 0.2) is 0 Å². The first-order valence-corrected chi connectivity index (χ1v) is 13.1. The number of hydrogen-bond donors (Lipinski definition) is 5. The SMILES string of the molecule is CC(=O)N[C@H]1CCCNC(=O)CN(C)C(=O)[C@H](Cc2ccccc2)NC(=O)[C@@H](C)NC(=O)[C@@H](C(C)C)NC1=O. The van der Waals surface area contributed by atoms with Gasteiger partial charge in [0.05, 0.1) is 6.54 Å². The van der Waals surface area contributed by atoms with Crippen LogP contribution in [0.25, 0.3) is 0 Å². The average Bonchev–Trinajstić information content (AvgIpc) is 2.87. The van der Waals surface area contributed by atoms with Crippen LogP contribution in [-0.4, -0.2) is 84.6 Å². The van der Waals surface area contributed by atoms with Crippen LogP contribution in [0.1, 0.15) is 46.1 Å². The Morgan fingerprint density at radius 3 is 2.28 bits per heavy atom. The van der Waals surface area contributed by atoms with Crippen LogP contribution in [0.3, 0.4) is 0 Å². The maximum atomic E-state index is 13.3. The van der Waals surface area contributed by atoms with E-state index in [2.05, 4.69) is 26.6 Å². The van der Waals surface area contributed by atoms with Crippen LogP contribution in [0.5, 0.6) is 0 Å². The lowest BCUT2D eigenvalue weighted by Gasteiger charge is -2.28. The third kappa shape index (κ3) is 10.0. The fourth-order valence-corrected chi connectivity index (χ4v) is 4.17. The molecule has 0 aromatic heterocycles. The summed E-state index contributed by atoms with van der Waals surface area (Å²) in [6.07, 6.45) is 0.766. The molecular weight excluding hydrogens is 504 g/mol. The van der Waals surface area contributed by atoms with Gasteiger partial charge in [-0.05, 0) is 31.2 Å². The van der Waals surface area contributed by atoms with Crippen molar-refractivity contribution in [3.05, 3.63) is 35.9 Å². The van der Waals surface area contributed by atoms with Crippen molar-refractivity contribution < 1.29 is 28.8 Å². The Hall–Kier alpha value is -3.96. The van der Waals surface area contributed by atoms with E-state index >= 15 is 0 Å². The number of rotatable bonds is 4. The Morgan fingerprint density at radius 1 is 1.00 bits per heavy atom. The second-order valence-corrected chi connectivity index (χ2v) is 10.2. The van der Waals surface area contributed by atoms with Crippen LogP contribution in [0.4, 0.5) is 0 Å². The van der Waals surface area contributed by atoms with E-state index in [1.165, 1.54) is 25.8 Å². The molecule has 1 aromatic carbocycles. The second kappa shape index (κ2) is 14.8. The highest BCUT2D eigenvalue weighted by Crippen LogP contribution is 2.08. The third-order valence-corrected chi connectivity index (χ3v) is 6.34. The Balaban J connectivity index is 2.32. The first-order valence-electron chi connectivity index (χ1n) is 13.1. The second-order valence-electron chi connectivity index (χ2n) is 10.2. The number of nitrogens with one attached hydrogen (secondary N) is 5. The summed E-state index contributed by atoms with van der Waals surface area (Å²) in [7, 11) is 1.47. The van der Waals surface area contributed by atoms with E-state index in [0.29, 0.717) is 6.42 Å². The average molecular weight is 545 g/mol. The van der Waals surface area contributed by atoms with Gasteiger partial charge in [-0.1, -0.05) is 44.2 Å². The molecule has 1 aromatic rings. The molecule has 1 heterocycles. The lowest BCUT2D eigenvalue weighted by atomic mass is 10.0. The lowest BCUT2D eigenvalue weighted by molar-refractivity contribution is -0.139. The molecule has 5 N–H and O–H groups in total. The number of benzene rings is 1. The number of carbonyl (C=O) groups excluding carboxylic acids is 6.